The van der Waals surface area contributed by atoms with E-state index in [4.69, 9.17) is 4.74 Å². The lowest BCUT2D eigenvalue weighted by Gasteiger charge is -2.07. The highest BCUT2D eigenvalue weighted by Crippen LogP contribution is 2.22. The van der Waals surface area contributed by atoms with Crippen LogP contribution in [-0.2, 0) is 16.1 Å². The smallest absolute Gasteiger partial charge is 0.247 e. The van der Waals surface area contributed by atoms with Gasteiger partial charge in [0.05, 0.1) is 30.7 Å². The van der Waals surface area contributed by atoms with Gasteiger partial charge in [0.25, 0.3) is 0 Å². The van der Waals surface area contributed by atoms with Crippen molar-refractivity contribution in [1.29, 1.82) is 0 Å². The van der Waals surface area contributed by atoms with E-state index >= 15 is 0 Å². The van der Waals surface area contributed by atoms with Gasteiger partial charge in [0, 0.05) is 30.6 Å². The molecule has 8 nitrogen and oxygen atoms in total. The molecule has 0 unspecified atom stereocenters. The maximum atomic E-state index is 11.3. The number of anilines is 3. The quantitative estimate of drug-likeness (QED) is 0.597. The zero-order chi connectivity index (χ0) is 19.1. The van der Waals surface area contributed by atoms with Crippen molar-refractivity contribution < 1.29 is 9.53 Å². The lowest BCUT2D eigenvalue weighted by molar-refractivity contribution is -0.111. The Morgan fingerprint density at radius 2 is 2.07 bits per heavy atom. The summed E-state index contributed by atoms with van der Waals surface area (Å²) in [7, 11) is 1.66. The number of carbonyl (C=O) groups is 1. The Morgan fingerprint density at radius 3 is 2.81 bits per heavy atom. The molecule has 0 spiro atoms. The fourth-order valence-electron chi connectivity index (χ4n) is 2.38. The van der Waals surface area contributed by atoms with Crippen molar-refractivity contribution in [3.8, 4) is 11.3 Å². The van der Waals surface area contributed by atoms with Gasteiger partial charge in [-0.3, -0.25) is 9.48 Å². The second-order valence-electron chi connectivity index (χ2n) is 5.67. The number of hydrogen-bond acceptors (Lipinski definition) is 6. The van der Waals surface area contributed by atoms with Gasteiger partial charge in [-0.1, -0.05) is 18.7 Å². The number of nitrogens with one attached hydrogen (secondary N) is 2. The maximum Gasteiger partial charge on any atom is 0.247 e. The molecule has 2 N–H and O–H groups in total. The molecule has 0 aliphatic heterocycles. The molecule has 2 heterocycles. The first-order chi connectivity index (χ1) is 13.2. The molecule has 0 radical (unpaired) electrons. The average molecular weight is 364 g/mol. The van der Waals surface area contributed by atoms with Gasteiger partial charge in [0.15, 0.2) is 0 Å². The number of methoxy groups -OCH3 is 1. The van der Waals surface area contributed by atoms with Gasteiger partial charge in [-0.2, -0.15) is 5.10 Å². The van der Waals surface area contributed by atoms with Crippen LogP contribution in [0, 0.1) is 0 Å². The van der Waals surface area contributed by atoms with E-state index in [2.05, 4.69) is 32.3 Å². The topological polar surface area (TPSA) is 94.0 Å². The molecule has 27 heavy (non-hydrogen) atoms. The lowest BCUT2D eigenvalue weighted by atomic mass is 10.1. The molecular formula is C19H20N6O2. The van der Waals surface area contributed by atoms with Gasteiger partial charge in [-0.25, -0.2) is 9.97 Å². The van der Waals surface area contributed by atoms with E-state index in [0.717, 1.165) is 16.9 Å². The molecule has 3 aromatic rings. The number of benzene rings is 1. The SMILES string of the molecule is C=CC(=O)Nc1ccc(-c2cc(Nc3cnn(CCOC)c3)ncn2)cc1. The second kappa shape index (κ2) is 8.72. The molecule has 3 rings (SSSR count). The number of rotatable bonds is 8. The highest BCUT2D eigenvalue weighted by Gasteiger charge is 2.05. The van der Waals surface area contributed by atoms with Crippen LogP contribution in [-0.4, -0.2) is 39.4 Å². The predicted molar refractivity (Wildman–Crippen MR) is 104 cm³/mol. The Kier molecular flexibility index (Phi) is 5.91. The summed E-state index contributed by atoms with van der Waals surface area (Å²) < 4.78 is 6.84. The van der Waals surface area contributed by atoms with Crippen LogP contribution in [0.25, 0.3) is 11.3 Å². The van der Waals surface area contributed by atoms with Gasteiger partial charge in [-0.05, 0) is 18.2 Å². The summed E-state index contributed by atoms with van der Waals surface area (Å²) in [6.07, 6.45) is 6.35. The molecule has 0 fully saturated rings. The first-order valence-electron chi connectivity index (χ1n) is 8.32. The highest BCUT2D eigenvalue weighted by molar-refractivity contribution is 5.98. The van der Waals surface area contributed by atoms with Crippen LogP contribution in [0.5, 0.6) is 0 Å². The lowest BCUT2D eigenvalue weighted by Crippen LogP contribution is -2.06. The third-order valence-corrected chi connectivity index (χ3v) is 3.73. The Bertz CT molecular complexity index is 920. The minimum atomic E-state index is -0.248. The van der Waals surface area contributed by atoms with E-state index in [1.807, 2.05) is 36.5 Å². The molecule has 0 atom stereocenters. The van der Waals surface area contributed by atoms with Crippen molar-refractivity contribution in [3.05, 3.63) is 61.7 Å². The molecule has 8 heteroatoms. The van der Waals surface area contributed by atoms with Crippen molar-refractivity contribution in [2.75, 3.05) is 24.4 Å². The van der Waals surface area contributed by atoms with Crippen molar-refractivity contribution in [3.63, 3.8) is 0 Å². The highest BCUT2D eigenvalue weighted by atomic mass is 16.5. The van der Waals surface area contributed by atoms with E-state index in [1.54, 1.807) is 18.0 Å². The number of ether oxygens (including phenoxy) is 1. The molecule has 0 saturated carbocycles. The van der Waals surface area contributed by atoms with Crippen LogP contribution >= 0.6 is 0 Å². The van der Waals surface area contributed by atoms with E-state index in [0.29, 0.717) is 24.7 Å². The standard InChI is InChI=1S/C19H20N6O2/c1-3-19(26)24-15-6-4-14(5-7-15)17-10-18(21-13-20-17)23-16-11-22-25(12-16)8-9-27-2/h3-7,10-13H,1,8-9H2,2H3,(H,24,26)(H,20,21,23). The molecule has 1 amide bonds. The summed E-state index contributed by atoms with van der Waals surface area (Å²) >= 11 is 0. The zero-order valence-corrected chi connectivity index (χ0v) is 14.9. The third-order valence-electron chi connectivity index (χ3n) is 3.73. The molecule has 138 valence electrons. The summed E-state index contributed by atoms with van der Waals surface area (Å²) in [4.78, 5) is 19.9. The predicted octanol–water partition coefficient (Wildman–Crippen LogP) is 2.85. The summed E-state index contributed by atoms with van der Waals surface area (Å²) in [5.41, 5.74) is 3.20. The van der Waals surface area contributed by atoms with Crippen LogP contribution in [0.1, 0.15) is 0 Å². The first kappa shape index (κ1) is 18.3. The Hall–Kier alpha value is -3.52. The minimum absolute atomic E-state index is 0.248. The third kappa shape index (κ3) is 4.99. The van der Waals surface area contributed by atoms with E-state index in [9.17, 15) is 4.79 Å². The van der Waals surface area contributed by atoms with E-state index in [-0.39, 0.29) is 5.91 Å². The molecular weight excluding hydrogens is 344 g/mol. The Balaban J connectivity index is 1.70. The largest absolute Gasteiger partial charge is 0.383 e. The minimum Gasteiger partial charge on any atom is -0.383 e. The first-order valence-corrected chi connectivity index (χ1v) is 8.32. The zero-order valence-electron chi connectivity index (χ0n) is 14.9. The molecule has 0 saturated heterocycles. The summed E-state index contributed by atoms with van der Waals surface area (Å²) in [6.45, 7) is 4.72. The van der Waals surface area contributed by atoms with E-state index in [1.165, 1.54) is 12.4 Å². The number of nitrogens with zero attached hydrogens (tertiary/aromatic N) is 4. The Morgan fingerprint density at radius 1 is 1.26 bits per heavy atom. The van der Waals surface area contributed by atoms with Crippen molar-refractivity contribution in [2.45, 2.75) is 6.54 Å². The molecule has 1 aromatic carbocycles. The average Bonchev–Trinajstić information content (AvgIpc) is 3.14. The number of hydrogen-bond donors (Lipinski definition) is 2. The van der Waals surface area contributed by atoms with Crippen molar-refractivity contribution in [2.24, 2.45) is 0 Å². The van der Waals surface area contributed by atoms with Gasteiger partial charge in [0.2, 0.25) is 5.91 Å². The molecule has 0 aliphatic rings. The van der Waals surface area contributed by atoms with Gasteiger partial charge >= 0.3 is 0 Å². The van der Waals surface area contributed by atoms with Crippen LogP contribution in [0.2, 0.25) is 0 Å². The van der Waals surface area contributed by atoms with Gasteiger partial charge in [0.1, 0.15) is 12.1 Å². The second-order valence-corrected chi connectivity index (χ2v) is 5.67. The van der Waals surface area contributed by atoms with E-state index < -0.39 is 0 Å². The molecule has 0 aliphatic carbocycles. The Labute approximate surface area is 156 Å². The normalized spacial score (nSPS) is 10.4. The van der Waals surface area contributed by atoms with Gasteiger partial charge < -0.3 is 15.4 Å². The molecule has 0 bridgehead atoms. The van der Waals surface area contributed by atoms with Crippen LogP contribution in [0.4, 0.5) is 17.2 Å². The number of aromatic nitrogens is 4. The molecule has 2 aromatic heterocycles. The fourth-order valence-corrected chi connectivity index (χ4v) is 2.38. The summed E-state index contributed by atoms with van der Waals surface area (Å²) in [5.74, 6) is 0.414. The van der Waals surface area contributed by atoms with Crippen LogP contribution < -0.4 is 10.6 Å². The maximum absolute atomic E-state index is 11.3. The van der Waals surface area contributed by atoms with Crippen molar-refractivity contribution in [1.82, 2.24) is 19.7 Å². The monoisotopic (exact) mass is 364 g/mol. The fraction of sp³-hybridized carbons (Fsp3) is 0.158. The van der Waals surface area contributed by atoms with Crippen LogP contribution in [0.15, 0.2) is 61.7 Å². The summed E-state index contributed by atoms with van der Waals surface area (Å²) in [6, 6.07) is 9.24. The van der Waals surface area contributed by atoms with Crippen LogP contribution in [0.3, 0.4) is 0 Å². The van der Waals surface area contributed by atoms with Gasteiger partial charge in [-0.15, -0.1) is 0 Å². The van der Waals surface area contributed by atoms with Crippen molar-refractivity contribution >= 4 is 23.1 Å². The number of amides is 1. The summed E-state index contributed by atoms with van der Waals surface area (Å²) in [5, 5.41) is 10.2. The number of carbonyl (C=O) groups excluding carboxylic acids is 1.